The van der Waals surface area contributed by atoms with Gasteiger partial charge in [-0.2, -0.15) is 0 Å². The Morgan fingerprint density at radius 3 is 1.88 bits per heavy atom. The van der Waals surface area contributed by atoms with Gasteiger partial charge in [0.2, 0.25) is 0 Å². The lowest BCUT2D eigenvalue weighted by Crippen LogP contribution is -2.46. The number of ether oxygens (including phenoxy) is 1. The van der Waals surface area contributed by atoms with E-state index >= 15 is 4.48 Å². The standard InChI is InChI=1S/C23H17Cl2F3N2O3/c1-14(31)33-23(29(28)13-15-2-3-16(24)12-21(15)25)22(32)30(19-8-4-17(26)5-9-19)20-10-6-18(27)7-11-20/h2-12,23H,13H2,1H3. The van der Waals surface area contributed by atoms with Gasteiger partial charge in [-0.1, -0.05) is 34.4 Å². The van der Waals surface area contributed by atoms with Crippen LogP contribution in [0.3, 0.4) is 0 Å². The van der Waals surface area contributed by atoms with E-state index in [1.165, 1.54) is 42.5 Å². The molecule has 0 bridgehead atoms. The molecule has 3 aromatic rings. The Labute approximate surface area is 197 Å². The SMILES string of the molecule is CC(=O)OC(C(=O)N(c1ccc(F)cc1)c1ccc(F)cc1)N(F)Cc1ccc(Cl)cc1Cl. The Balaban J connectivity index is 2.00. The van der Waals surface area contributed by atoms with E-state index < -0.39 is 36.3 Å². The van der Waals surface area contributed by atoms with Crippen LogP contribution in [0.5, 0.6) is 0 Å². The lowest BCUT2D eigenvalue weighted by atomic mass is 10.2. The van der Waals surface area contributed by atoms with E-state index in [4.69, 9.17) is 27.9 Å². The maximum absolute atomic E-state index is 15.3. The Kier molecular flexibility index (Phi) is 7.97. The van der Waals surface area contributed by atoms with E-state index in [1.807, 2.05) is 0 Å². The second-order valence-corrected chi connectivity index (χ2v) is 7.73. The molecule has 3 rings (SSSR count). The predicted molar refractivity (Wildman–Crippen MR) is 119 cm³/mol. The van der Waals surface area contributed by atoms with Crippen molar-refractivity contribution >= 4 is 46.5 Å². The van der Waals surface area contributed by atoms with E-state index in [0.29, 0.717) is 5.02 Å². The van der Waals surface area contributed by atoms with Crippen molar-refractivity contribution in [1.29, 1.82) is 0 Å². The minimum atomic E-state index is -2.02. The highest BCUT2D eigenvalue weighted by atomic mass is 35.5. The van der Waals surface area contributed by atoms with Gasteiger partial charge in [-0.05, 0) is 66.2 Å². The highest BCUT2D eigenvalue weighted by Gasteiger charge is 2.35. The first kappa shape index (κ1) is 24.6. The first-order valence-electron chi connectivity index (χ1n) is 9.54. The molecule has 0 aromatic heterocycles. The summed E-state index contributed by atoms with van der Waals surface area (Å²) in [6.45, 7) is 0.504. The van der Waals surface area contributed by atoms with Gasteiger partial charge in [0.25, 0.3) is 12.1 Å². The third-order valence-electron chi connectivity index (χ3n) is 4.47. The van der Waals surface area contributed by atoms with E-state index in [2.05, 4.69) is 0 Å². The van der Waals surface area contributed by atoms with Gasteiger partial charge in [0.15, 0.2) is 0 Å². The van der Waals surface area contributed by atoms with E-state index in [1.54, 1.807) is 0 Å². The van der Waals surface area contributed by atoms with Crippen LogP contribution < -0.4 is 4.90 Å². The van der Waals surface area contributed by atoms with Gasteiger partial charge in [-0.15, -0.1) is 4.48 Å². The van der Waals surface area contributed by atoms with Crippen molar-refractivity contribution < 1.29 is 27.6 Å². The van der Waals surface area contributed by atoms with Crippen LogP contribution in [0.25, 0.3) is 0 Å². The zero-order valence-corrected chi connectivity index (χ0v) is 18.7. The van der Waals surface area contributed by atoms with Crippen LogP contribution in [0.15, 0.2) is 66.7 Å². The molecule has 0 saturated heterocycles. The highest BCUT2D eigenvalue weighted by Crippen LogP contribution is 2.29. The first-order chi connectivity index (χ1) is 15.7. The number of rotatable bonds is 7. The van der Waals surface area contributed by atoms with Crippen LogP contribution in [-0.2, 0) is 20.9 Å². The number of halogens is 5. The van der Waals surface area contributed by atoms with Crippen molar-refractivity contribution in [2.45, 2.75) is 19.7 Å². The smallest absolute Gasteiger partial charge is 0.304 e. The number of hydrogen-bond acceptors (Lipinski definition) is 4. The Bertz CT molecular complexity index is 1100. The lowest BCUT2D eigenvalue weighted by molar-refractivity contribution is -0.187. The van der Waals surface area contributed by atoms with E-state index in [0.717, 1.165) is 36.1 Å². The number of carbonyl (C=O) groups excluding carboxylic acids is 2. The molecule has 3 aromatic carbocycles. The zero-order valence-electron chi connectivity index (χ0n) is 17.1. The largest absolute Gasteiger partial charge is 0.434 e. The second kappa shape index (κ2) is 10.7. The summed E-state index contributed by atoms with van der Waals surface area (Å²) in [7, 11) is 0. The molecular weight excluding hydrogens is 480 g/mol. The lowest BCUT2D eigenvalue weighted by Gasteiger charge is -2.29. The molecule has 0 saturated carbocycles. The number of benzene rings is 3. The summed E-state index contributed by atoms with van der Waals surface area (Å²) in [4.78, 5) is 26.1. The minimum Gasteiger partial charge on any atom is -0.434 e. The number of anilines is 2. The summed E-state index contributed by atoms with van der Waals surface area (Å²) in [6, 6.07) is 13.9. The molecule has 0 N–H and O–H groups in total. The van der Waals surface area contributed by atoms with Gasteiger partial charge in [-0.3, -0.25) is 14.5 Å². The molecule has 0 spiro atoms. The monoisotopic (exact) mass is 496 g/mol. The summed E-state index contributed by atoms with van der Waals surface area (Å²) in [5.41, 5.74) is 0.565. The number of nitrogens with zero attached hydrogens (tertiary/aromatic N) is 2. The molecule has 172 valence electrons. The number of carbonyl (C=O) groups is 2. The van der Waals surface area contributed by atoms with Crippen LogP contribution >= 0.6 is 23.2 Å². The first-order valence-corrected chi connectivity index (χ1v) is 10.3. The molecule has 10 heteroatoms. The van der Waals surface area contributed by atoms with Gasteiger partial charge in [0, 0.05) is 28.3 Å². The fourth-order valence-electron chi connectivity index (χ4n) is 2.97. The summed E-state index contributed by atoms with van der Waals surface area (Å²) in [6.07, 6.45) is -2.02. The van der Waals surface area contributed by atoms with Gasteiger partial charge < -0.3 is 4.74 Å². The summed E-state index contributed by atoms with van der Waals surface area (Å²) in [5.74, 6) is -3.06. The minimum absolute atomic E-state index is 0.00109. The van der Waals surface area contributed by atoms with Crippen LogP contribution in [0.1, 0.15) is 12.5 Å². The summed E-state index contributed by atoms with van der Waals surface area (Å²) in [5, 5.41) is 0.479. The van der Waals surface area contributed by atoms with Crippen molar-refractivity contribution in [3.63, 3.8) is 0 Å². The third kappa shape index (κ3) is 6.25. The molecule has 1 unspecified atom stereocenters. The van der Waals surface area contributed by atoms with Crippen LogP contribution in [0.2, 0.25) is 10.0 Å². The second-order valence-electron chi connectivity index (χ2n) is 6.88. The number of esters is 1. The number of amides is 1. The maximum Gasteiger partial charge on any atom is 0.304 e. The maximum atomic E-state index is 15.3. The van der Waals surface area contributed by atoms with Gasteiger partial charge in [-0.25, -0.2) is 8.78 Å². The van der Waals surface area contributed by atoms with Gasteiger partial charge >= 0.3 is 5.97 Å². The molecule has 0 radical (unpaired) electrons. The topological polar surface area (TPSA) is 49.9 Å². The molecule has 0 aliphatic rings. The van der Waals surface area contributed by atoms with Crippen molar-refractivity contribution in [3.05, 3.63) is 94.0 Å². The van der Waals surface area contributed by atoms with Crippen LogP contribution in [0, 0.1) is 11.6 Å². The normalized spacial score (nSPS) is 11.8. The summed E-state index contributed by atoms with van der Waals surface area (Å²) < 4.78 is 47.2. The molecule has 1 amide bonds. The van der Waals surface area contributed by atoms with Crippen LogP contribution in [-0.4, -0.2) is 23.2 Å². The van der Waals surface area contributed by atoms with Crippen molar-refractivity contribution in [2.24, 2.45) is 0 Å². The number of hydrogen-bond donors (Lipinski definition) is 0. The average molecular weight is 497 g/mol. The molecule has 1 atom stereocenters. The Morgan fingerprint density at radius 2 is 1.42 bits per heavy atom. The van der Waals surface area contributed by atoms with Crippen molar-refractivity contribution in [2.75, 3.05) is 4.90 Å². The molecule has 33 heavy (non-hydrogen) atoms. The quantitative estimate of drug-likeness (QED) is 0.221. The van der Waals surface area contributed by atoms with Crippen molar-refractivity contribution in [1.82, 2.24) is 5.12 Å². The molecule has 5 nitrogen and oxygen atoms in total. The molecule has 0 aliphatic carbocycles. The molecular formula is C23H17Cl2F3N2O3. The van der Waals surface area contributed by atoms with Crippen LogP contribution in [0.4, 0.5) is 24.6 Å². The fourth-order valence-corrected chi connectivity index (χ4v) is 3.44. The third-order valence-corrected chi connectivity index (χ3v) is 5.06. The molecule has 0 heterocycles. The van der Waals surface area contributed by atoms with Gasteiger partial charge in [0.1, 0.15) is 11.6 Å². The summed E-state index contributed by atoms with van der Waals surface area (Å²) >= 11 is 12.0. The predicted octanol–water partition coefficient (Wildman–Crippen LogP) is 6.21. The Hall–Kier alpha value is -3.07. The van der Waals surface area contributed by atoms with E-state index in [-0.39, 0.29) is 27.1 Å². The zero-order chi connectivity index (χ0) is 24.1. The van der Waals surface area contributed by atoms with E-state index in [9.17, 15) is 18.4 Å². The fraction of sp³-hybridized carbons (Fsp3) is 0.130. The van der Waals surface area contributed by atoms with Crippen molar-refractivity contribution in [3.8, 4) is 0 Å². The average Bonchev–Trinajstić information content (AvgIpc) is 2.76. The Morgan fingerprint density at radius 1 is 0.909 bits per heavy atom. The molecule has 0 aliphatic heterocycles. The molecule has 0 fully saturated rings. The van der Waals surface area contributed by atoms with Gasteiger partial charge in [0.05, 0.1) is 6.54 Å². The highest BCUT2D eigenvalue weighted by molar-refractivity contribution is 6.35.